The molecular weight excluding hydrogens is 247 g/mol. The molecule has 0 aromatic rings. The van der Waals surface area contributed by atoms with Gasteiger partial charge in [-0.15, -0.1) is 0 Å². The lowest BCUT2D eigenvalue weighted by Gasteiger charge is -2.28. The van der Waals surface area contributed by atoms with Crippen molar-refractivity contribution in [1.82, 2.24) is 5.32 Å². The van der Waals surface area contributed by atoms with Crippen LogP contribution in [0.25, 0.3) is 0 Å². The summed E-state index contributed by atoms with van der Waals surface area (Å²) in [5.41, 5.74) is -4.08. The largest absolute Gasteiger partial charge is 0.441 e. The summed E-state index contributed by atoms with van der Waals surface area (Å²) in [4.78, 5) is 0. The van der Waals surface area contributed by atoms with Crippen molar-refractivity contribution in [2.75, 3.05) is 12.3 Å². The molecule has 0 fully saturated rings. The Morgan fingerprint density at radius 2 is 1.47 bits per heavy atom. The highest BCUT2D eigenvalue weighted by atomic mass is 32.2. The third kappa shape index (κ3) is 12.3. The van der Waals surface area contributed by atoms with Crippen molar-refractivity contribution in [3.05, 3.63) is 0 Å². The zero-order valence-corrected chi connectivity index (χ0v) is 12.2. The molecule has 0 unspecified atom stereocenters. The van der Waals surface area contributed by atoms with Gasteiger partial charge in [-0.3, -0.25) is 0 Å². The second-order valence-corrected chi connectivity index (χ2v) is 7.30. The van der Waals surface area contributed by atoms with Crippen molar-refractivity contribution < 1.29 is 13.2 Å². The number of hydrogen-bond acceptors (Lipinski definition) is 2. The Balaban J connectivity index is 3.81. The van der Waals surface area contributed by atoms with Crippen molar-refractivity contribution in [3.63, 3.8) is 0 Å². The maximum absolute atomic E-state index is 12.0. The molecule has 0 saturated carbocycles. The molecule has 104 valence electrons. The van der Waals surface area contributed by atoms with Crippen LogP contribution in [0.4, 0.5) is 13.2 Å². The third-order valence-corrected chi connectivity index (χ3v) is 3.24. The second-order valence-electron chi connectivity index (χ2n) is 6.14. The maximum Gasteiger partial charge on any atom is 0.441 e. The van der Waals surface area contributed by atoms with Gasteiger partial charge in [0.2, 0.25) is 0 Å². The Hall–Kier alpha value is 0.100. The normalized spacial score (nSPS) is 14.1. The number of alkyl halides is 3. The molecular formula is C12H24F3NS. The van der Waals surface area contributed by atoms with Gasteiger partial charge < -0.3 is 5.32 Å². The zero-order valence-electron chi connectivity index (χ0n) is 11.4. The van der Waals surface area contributed by atoms with Crippen molar-refractivity contribution >= 4 is 11.8 Å². The van der Waals surface area contributed by atoms with Gasteiger partial charge >= 0.3 is 5.51 Å². The molecule has 17 heavy (non-hydrogen) atoms. The van der Waals surface area contributed by atoms with Crippen LogP contribution in [0.5, 0.6) is 0 Å². The van der Waals surface area contributed by atoms with Crippen LogP contribution in [-0.2, 0) is 0 Å². The number of rotatable bonds is 6. The Morgan fingerprint density at radius 1 is 0.941 bits per heavy atom. The van der Waals surface area contributed by atoms with E-state index in [4.69, 9.17) is 0 Å². The number of hydrogen-bond donors (Lipinski definition) is 1. The molecule has 0 radical (unpaired) electrons. The quantitative estimate of drug-likeness (QED) is 0.766. The van der Waals surface area contributed by atoms with Gasteiger partial charge in [0.25, 0.3) is 0 Å². The van der Waals surface area contributed by atoms with Gasteiger partial charge in [0, 0.05) is 11.3 Å². The molecule has 0 aliphatic rings. The van der Waals surface area contributed by atoms with Gasteiger partial charge in [-0.1, -0.05) is 25.6 Å². The minimum atomic E-state index is -4.10. The van der Waals surface area contributed by atoms with Crippen LogP contribution in [0, 0.1) is 5.41 Å². The first-order valence-corrected chi connectivity index (χ1v) is 6.86. The van der Waals surface area contributed by atoms with Crippen molar-refractivity contribution in [1.29, 1.82) is 0 Å². The topological polar surface area (TPSA) is 12.0 Å². The van der Waals surface area contributed by atoms with E-state index in [0.717, 1.165) is 13.0 Å². The zero-order chi connectivity index (χ0) is 13.7. The van der Waals surface area contributed by atoms with Crippen molar-refractivity contribution in [3.8, 4) is 0 Å². The van der Waals surface area contributed by atoms with Gasteiger partial charge in [-0.25, -0.2) is 0 Å². The first-order valence-electron chi connectivity index (χ1n) is 5.87. The average molecular weight is 271 g/mol. The Kier molecular flexibility index (Phi) is 6.36. The third-order valence-electron chi connectivity index (χ3n) is 2.50. The van der Waals surface area contributed by atoms with Crippen molar-refractivity contribution in [2.45, 2.75) is 58.5 Å². The number of nitrogens with one attached hydrogen (secondary N) is 1. The van der Waals surface area contributed by atoms with E-state index in [1.165, 1.54) is 0 Å². The Morgan fingerprint density at radius 3 is 1.88 bits per heavy atom. The van der Waals surface area contributed by atoms with Gasteiger partial charge in [-0.05, 0) is 45.6 Å². The molecule has 0 rings (SSSR count). The van der Waals surface area contributed by atoms with Crippen LogP contribution < -0.4 is 5.32 Å². The summed E-state index contributed by atoms with van der Waals surface area (Å²) in [5, 5.41) is 3.36. The fourth-order valence-corrected chi connectivity index (χ4v) is 2.23. The van der Waals surface area contributed by atoms with Gasteiger partial charge in [0.05, 0.1) is 0 Å². The molecule has 5 heteroatoms. The van der Waals surface area contributed by atoms with Crippen LogP contribution in [0.3, 0.4) is 0 Å². The summed E-state index contributed by atoms with van der Waals surface area (Å²) in [7, 11) is 0. The maximum atomic E-state index is 12.0. The van der Waals surface area contributed by atoms with Crippen molar-refractivity contribution in [2.24, 2.45) is 5.41 Å². The van der Waals surface area contributed by atoms with Gasteiger partial charge in [0.15, 0.2) is 0 Å². The van der Waals surface area contributed by atoms with E-state index < -0.39 is 5.51 Å². The van der Waals surface area contributed by atoms with E-state index in [0.29, 0.717) is 6.42 Å². The number of halogens is 3. The van der Waals surface area contributed by atoms with Crippen LogP contribution in [-0.4, -0.2) is 23.3 Å². The summed E-state index contributed by atoms with van der Waals surface area (Å²) in [6, 6.07) is 0. The highest BCUT2D eigenvalue weighted by molar-refractivity contribution is 8.00. The lowest BCUT2D eigenvalue weighted by molar-refractivity contribution is -0.0328. The van der Waals surface area contributed by atoms with E-state index in [2.05, 4.69) is 26.1 Å². The van der Waals surface area contributed by atoms with Crippen LogP contribution >= 0.6 is 11.8 Å². The molecule has 0 aromatic carbocycles. The molecule has 0 atom stereocenters. The summed E-state index contributed by atoms with van der Waals surface area (Å²) in [6.07, 6.45) is 1.48. The minimum absolute atomic E-state index is 0.0451. The summed E-state index contributed by atoms with van der Waals surface area (Å²) >= 11 is 0.0790. The monoisotopic (exact) mass is 271 g/mol. The predicted molar refractivity (Wildman–Crippen MR) is 69.3 cm³/mol. The molecule has 0 aliphatic heterocycles. The fourth-order valence-electron chi connectivity index (χ4n) is 1.34. The second kappa shape index (κ2) is 6.32. The Bertz CT molecular complexity index is 197. The summed E-state index contributed by atoms with van der Waals surface area (Å²) in [5.74, 6) is 0.145. The van der Waals surface area contributed by atoms with E-state index in [9.17, 15) is 13.2 Å². The van der Waals surface area contributed by atoms with Gasteiger partial charge in [-0.2, -0.15) is 13.2 Å². The standard InChI is InChI=1S/C12H24F3NS/c1-10(2,3)16-8-6-11(4,5)7-9-17-12(13,14)15/h16H,6-9H2,1-5H3. The van der Waals surface area contributed by atoms with E-state index in [1.807, 2.05) is 13.8 Å². The first-order chi connectivity index (χ1) is 7.41. The lowest BCUT2D eigenvalue weighted by atomic mass is 9.86. The predicted octanol–water partition coefficient (Wildman–Crippen LogP) is 4.43. The highest BCUT2D eigenvalue weighted by Gasteiger charge is 2.29. The highest BCUT2D eigenvalue weighted by Crippen LogP contribution is 2.34. The van der Waals surface area contributed by atoms with E-state index >= 15 is 0 Å². The minimum Gasteiger partial charge on any atom is -0.312 e. The van der Waals surface area contributed by atoms with E-state index in [-0.39, 0.29) is 28.5 Å². The lowest BCUT2D eigenvalue weighted by Crippen LogP contribution is -2.38. The van der Waals surface area contributed by atoms with E-state index in [1.54, 1.807) is 0 Å². The van der Waals surface area contributed by atoms with Crippen LogP contribution in [0.1, 0.15) is 47.5 Å². The van der Waals surface area contributed by atoms with Crippen LogP contribution in [0.15, 0.2) is 0 Å². The molecule has 0 spiro atoms. The molecule has 0 amide bonds. The van der Waals surface area contributed by atoms with Crippen LogP contribution in [0.2, 0.25) is 0 Å². The molecule has 0 aromatic heterocycles. The average Bonchev–Trinajstić information content (AvgIpc) is 1.96. The van der Waals surface area contributed by atoms with Gasteiger partial charge in [0.1, 0.15) is 0 Å². The Labute approximate surface area is 107 Å². The first kappa shape index (κ1) is 17.1. The molecule has 0 aliphatic carbocycles. The molecule has 1 nitrogen and oxygen atoms in total. The molecule has 0 bridgehead atoms. The molecule has 0 heterocycles. The summed E-state index contributed by atoms with van der Waals surface area (Å²) in [6.45, 7) is 11.1. The smallest absolute Gasteiger partial charge is 0.312 e. The fraction of sp³-hybridized carbons (Fsp3) is 1.00. The molecule has 0 saturated heterocycles. The SMILES string of the molecule is CC(C)(CCNC(C)(C)C)CCSC(F)(F)F. The molecule has 1 N–H and O–H groups in total. The number of thioether (sulfide) groups is 1. The summed E-state index contributed by atoms with van der Waals surface area (Å²) < 4.78 is 36.0.